The number of methoxy groups -OCH3 is 1. The molecule has 0 aromatic heterocycles. The molecule has 0 unspecified atom stereocenters. The van der Waals surface area contributed by atoms with Gasteiger partial charge in [0.25, 0.3) is 0 Å². The Morgan fingerprint density at radius 1 is 1.20 bits per heavy atom. The van der Waals surface area contributed by atoms with Gasteiger partial charge in [-0.05, 0) is 37.0 Å². The summed E-state index contributed by atoms with van der Waals surface area (Å²) in [5.41, 5.74) is 1.85. The molecule has 1 saturated carbocycles. The number of hydrogen-bond acceptors (Lipinski definition) is 3. The van der Waals surface area contributed by atoms with E-state index >= 15 is 0 Å². The molecule has 3 nitrogen and oxygen atoms in total. The molecule has 0 amide bonds. The van der Waals surface area contributed by atoms with Crippen molar-refractivity contribution in [1.29, 1.82) is 0 Å². The number of nitrogens with zero attached hydrogens (tertiary/aromatic N) is 1. The summed E-state index contributed by atoms with van der Waals surface area (Å²) in [6.07, 6.45) is 6.68. The lowest BCUT2D eigenvalue weighted by Crippen LogP contribution is -2.59. The molecule has 3 rings (SSSR count). The van der Waals surface area contributed by atoms with E-state index in [2.05, 4.69) is 34.5 Å². The van der Waals surface area contributed by atoms with Crippen LogP contribution in [0, 0.1) is 0 Å². The molecule has 1 aliphatic heterocycles. The molecule has 0 atom stereocenters. The second-order valence-corrected chi connectivity index (χ2v) is 6.29. The van der Waals surface area contributed by atoms with Gasteiger partial charge in [-0.25, -0.2) is 0 Å². The number of hydrogen-bond donors (Lipinski definition) is 1. The van der Waals surface area contributed by atoms with E-state index in [4.69, 9.17) is 4.74 Å². The second-order valence-electron chi connectivity index (χ2n) is 6.29. The van der Waals surface area contributed by atoms with E-state index < -0.39 is 0 Å². The number of rotatable bonds is 4. The van der Waals surface area contributed by atoms with Crippen molar-refractivity contribution in [2.75, 3.05) is 33.3 Å². The monoisotopic (exact) mass is 274 g/mol. The predicted molar refractivity (Wildman–Crippen MR) is 82.3 cm³/mol. The van der Waals surface area contributed by atoms with Crippen LogP contribution in [0.4, 0.5) is 0 Å². The summed E-state index contributed by atoms with van der Waals surface area (Å²) in [5.74, 6) is 0.945. The van der Waals surface area contributed by atoms with Gasteiger partial charge in [-0.2, -0.15) is 0 Å². The van der Waals surface area contributed by atoms with Crippen LogP contribution in [0.1, 0.15) is 31.2 Å². The lowest BCUT2D eigenvalue weighted by atomic mass is 9.94. The van der Waals surface area contributed by atoms with Crippen molar-refractivity contribution in [3.05, 3.63) is 29.8 Å². The van der Waals surface area contributed by atoms with Gasteiger partial charge in [0.2, 0.25) is 0 Å². The van der Waals surface area contributed by atoms with Crippen LogP contribution >= 0.6 is 0 Å². The highest BCUT2D eigenvalue weighted by Crippen LogP contribution is 2.31. The largest absolute Gasteiger partial charge is 0.497 e. The van der Waals surface area contributed by atoms with Gasteiger partial charge in [-0.3, -0.25) is 4.90 Å². The van der Waals surface area contributed by atoms with Crippen LogP contribution in [-0.4, -0.2) is 43.7 Å². The molecule has 1 spiro atoms. The van der Waals surface area contributed by atoms with Gasteiger partial charge in [0.1, 0.15) is 5.75 Å². The fraction of sp³-hybridized carbons (Fsp3) is 0.647. The Labute approximate surface area is 122 Å². The van der Waals surface area contributed by atoms with Crippen molar-refractivity contribution in [3.8, 4) is 5.75 Å². The van der Waals surface area contributed by atoms with E-state index in [1.54, 1.807) is 7.11 Å². The molecule has 3 heteroatoms. The summed E-state index contributed by atoms with van der Waals surface area (Å²) in [4.78, 5) is 2.64. The van der Waals surface area contributed by atoms with E-state index in [1.165, 1.54) is 50.9 Å². The summed E-state index contributed by atoms with van der Waals surface area (Å²) >= 11 is 0. The highest BCUT2D eigenvalue weighted by Gasteiger charge is 2.37. The summed E-state index contributed by atoms with van der Waals surface area (Å²) in [7, 11) is 1.72. The standard InChI is InChI=1S/C17H26N2O/c1-20-16-6-4-15(5-7-16)8-12-19-13-11-18-17(14-19)9-2-3-10-17/h4-7,18H,2-3,8-14H2,1H3. The van der Waals surface area contributed by atoms with E-state index in [1.807, 2.05) is 0 Å². The van der Waals surface area contributed by atoms with Crippen molar-refractivity contribution >= 4 is 0 Å². The summed E-state index contributed by atoms with van der Waals surface area (Å²) in [5, 5.41) is 3.78. The quantitative estimate of drug-likeness (QED) is 0.913. The fourth-order valence-electron chi connectivity index (χ4n) is 3.70. The first kappa shape index (κ1) is 13.9. The Bertz CT molecular complexity index is 423. The lowest BCUT2D eigenvalue weighted by Gasteiger charge is -2.41. The average Bonchev–Trinajstić information content (AvgIpc) is 2.93. The van der Waals surface area contributed by atoms with Gasteiger partial charge >= 0.3 is 0 Å². The Hall–Kier alpha value is -1.06. The van der Waals surface area contributed by atoms with Gasteiger partial charge in [-0.15, -0.1) is 0 Å². The first-order chi connectivity index (χ1) is 9.80. The number of piperazine rings is 1. The lowest BCUT2D eigenvalue weighted by molar-refractivity contribution is 0.136. The highest BCUT2D eigenvalue weighted by atomic mass is 16.5. The van der Waals surface area contributed by atoms with Crippen LogP contribution in [0.25, 0.3) is 0 Å². The number of ether oxygens (including phenoxy) is 1. The van der Waals surface area contributed by atoms with Gasteiger partial charge in [0.15, 0.2) is 0 Å². The number of nitrogens with one attached hydrogen (secondary N) is 1. The topological polar surface area (TPSA) is 24.5 Å². The fourth-order valence-corrected chi connectivity index (χ4v) is 3.70. The van der Waals surface area contributed by atoms with Crippen molar-refractivity contribution in [1.82, 2.24) is 10.2 Å². The van der Waals surface area contributed by atoms with Crippen molar-refractivity contribution in [3.63, 3.8) is 0 Å². The smallest absolute Gasteiger partial charge is 0.118 e. The number of benzene rings is 1. The van der Waals surface area contributed by atoms with Crippen molar-refractivity contribution in [2.24, 2.45) is 0 Å². The predicted octanol–water partition coefficient (Wildman–Crippen LogP) is 2.46. The van der Waals surface area contributed by atoms with E-state index in [-0.39, 0.29) is 0 Å². The normalized spacial score (nSPS) is 22.2. The minimum absolute atomic E-state index is 0.443. The van der Waals surface area contributed by atoms with Gasteiger partial charge in [0, 0.05) is 31.7 Å². The molecule has 1 aromatic carbocycles. The first-order valence-electron chi connectivity index (χ1n) is 7.90. The van der Waals surface area contributed by atoms with Crippen LogP contribution < -0.4 is 10.1 Å². The molecule has 110 valence electrons. The Balaban J connectivity index is 1.52. The van der Waals surface area contributed by atoms with Crippen molar-refractivity contribution < 1.29 is 4.74 Å². The summed E-state index contributed by atoms with van der Waals surface area (Å²) < 4.78 is 5.21. The molecule has 20 heavy (non-hydrogen) atoms. The second kappa shape index (κ2) is 6.15. The van der Waals surface area contributed by atoms with Crippen molar-refractivity contribution in [2.45, 2.75) is 37.6 Å². The van der Waals surface area contributed by atoms with E-state index in [9.17, 15) is 0 Å². The zero-order chi connectivity index (χ0) is 13.8. The molecule has 0 radical (unpaired) electrons. The average molecular weight is 274 g/mol. The Morgan fingerprint density at radius 3 is 2.65 bits per heavy atom. The molecule has 1 aromatic rings. The molecule has 1 saturated heterocycles. The van der Waals surface area contributed by atoms with Crippen LogP contribution in [0.2, 0.25) is 0 Å². The van der Waals surface area contributed by atoms with E-state index in [0.29, 0.717) is 5.54 Å². The van der Waals surface area contributed by atoms with Crippen LogP contribution in [-0.2, 0) is 6.42 Å². The molecule has 2 aliphatic rings. The summed E-state index contributed by atoms with van der Waals surface area (Å²) in [6, 6.07) is 8.50. The first-order valence-corrected chi connectivity index (χ1v) is 7.90. The molecule has 0 bridgehead atoms. The molecule has 1 aliphatic carbocycles. The van der Waals surface area contributed by atoms with E-state index in [0.717, 1.165) is 18.7 Å². The molecule has 1 N–H and O–H groups in total. The highest BCUT2D eigenvalue weighted by molar-refractivity contribution is 5.27. The Kier molecular flexibility index (Phi) is 4.27. The Morgan fingerprint density at radius 2 is 1.95 bits per heavy atom. The third-order valence-electron chi connectivity index (χ3n) is 4.89. The minimum Gasteiger partial charge on any atom is -0.497 e. The van der Waals surface area contributed by atoms with Crippen LogP contribution in [0.15, 0.2) is 24.3 Å². The molecule has 1 heterocycles. The zero-order valence-corrected chi connectivity index (χ0v) is 12.5. The van der Waals surface area contributed by atoms with Gasteiger partial charge in [0.05, 0.1) is 7.11 Å². The zero-order valence-electron chi connectivity index (χ0n) is 12.5. The molecule has 2 fully saturated rings. The minimum atomic E-state index is 0.443. The molecular formula is C17H26N2O. The van der Waals surface area contributed by atoms with Crippen LogP contribution in [0.5, 0.6) is 5.75 Å². The molecular weight excluding hydrogens is 248 g/mol. The summed E-state index contributed by atoms with van der Waals surface area (Å²) in [6.45, 7) is 4.76. The van der Waals surface area contributed by atoms with Crippen LogP contribution in [0.3, 0.4) is 0 Å². The third kappa shape index (κ3) is 3.15. The third-order valence-corrected chi connectivity index (χ3v) is 4.89. The maximum absolute atomic E-state index is 5.21. The SMILES string of the molecule is COc1ccc(CCN2CCNC3(CCCC3)C2)cc1. The van der Waals surface area contributed by atoms with Gasteiger partial charge in [-0.1, -0.05) is 25.0 Å². The van der Waals surface area contributed by atoms with Gasteiger partial charge < -0.3 is 10.1 Å². The maximum Gasteiger partial charge on any atom is 0.118 e. The maximum atomic E-state index is 5.21.